The molecule has 0 unspecified atom stereocenters. The Balaban J connectivity index is 1.68. The van der Waals surface area contributed by atoms with Crippen molar-refractivity contribution in [2.24, 2.45) is 5.41 Å². The van der Waals surface area contributed by atoms with Crippen molar-refractivity contribution < 1.29 is 23.1 Å². The van der Waals surface area contributed by atoms with Crippen LogP contribution in [0.15, 0.2) is 24.3 Å². The third-order valence-electron chi connectivity index (χ3n) is 5.52. The van der Waals surface area contributed by atoms with Gasteiger partial charge in [0.25, 0.3) is 0 Å². The van der Waals surface area contributed by atoms with E-state index in [1.54, 1.807) is 11.0 Å². The van der Waals surface area contributed by atoms with Crippen LogP contribution in [-0.2, 0) is 17.5 Å². The fourth-order valence-electron chi connectivity index (χ4n) is 4.31. The first-order valence-electron chi connectivity index (χ1n) is 9.08. The van der Waals surface area contributed by atoms with E-state index in [-0.39, 0.29) is 17.9 Å². The number of alkyl halides is 3. The van der Waals surface area contributed by atoms with E-state index >= 15 is 0 Å². The van der Waals surface area contributed by atoms with E-state index in [9.17, 15) is 18.0 Å². The molecule has 26 heavy (non-hydrogen) atoms. The number of halogens is 3. The Morgan fingerprint density at radius 1 is 1.19 bits per heavy atom. The van der Waals surface area contributed by atoms with Crippen molar-refractivity contribution in [3.8, 4) is 0 Å². The number of aliphatic hydroxyl groups is 1. The molecule has 7 heteroatoms. The summed E-state index contributed by atoms with van der Waals surface area (Å²) in [7, 11) is 0. The molecule has 3 rings (SSSR count). The topological polar surface area (TPSA) is 43.8 Å². The van der Waals surface area contributed by atoms with Gasteiger partial charge in [-0.3, -0.25) is 9.69 Å². The van der Waals surface area contributed by atoms with Gasteiger partial charge in [0.05, 0.1) is 12.2 Å². The average Bonchev–Trinajstić information content (AvgIpc) is 2.58. The maximum Gasteiger partial charge on any atom is 0.416 e. The van der Waals surface area contributed by atoms with Crippen LogP contribution in [0.25, 0.3) is 0 Å². The summed E-state index contributed by atoms with van der Waals surface area (Å²) in [5.41, 5.74) is 0.0401. The minimum atomic E-state index is -4.33. The first-order valence-corrected chi connectivity index (χ1v) is 9.08. The van der Waals surface area contributed by atoms with Gasteiger partial charge in [-0.15, -0.1) is 0 Å². The van der Waals surface area contributed by atoms with Crippen molar-refractivity contribution in [2.45, 2.75) is 38.4 Å². The molecule has 2 fully saturated rings. The first-order chi connectivity index (χ1) is 12.3. The molecule has 1 amide bonds. The number of piperidine rings is 2. The minimum Gasteiger partial charge on any atom is -0.395 e. The number of hydrogen-bond acceptors (Lipinski definition) is 3. The number of amides is 1. The Morgan fingerprint density at radius 2 is 2.00 bits per heavy atom. The summed E-state index contributed by atoms with van der Waals surface area (Å²) in [5.74, 6) is 0.0830. The molecule has 2 aliphatic rings. The number of β-amino-alcohol motifs (C(OH)–C–C–N with tert-alkyl or cyclic N) is 1. The molecule has 1 spiro atoms. The molecule has 0 aliphatic carbocycles. The third-order valence-corrected chi connectivity index (χ3v) is 5.52. The highest BCUT2D eigenvalue weighted by molar-refractivity contribution is 5.77. The average molecular weight is 370 g/mol. The summed E-state index contributed by atoms with van der Waals surface area (Å²) in [6.07, 6.45) is -1.04. The SMILES string of the molecule is O=C1CC[C@]2(CCCN(Cc3cccc(C(F)(F)F)c3)C2)CN1CCO. The van der Waals surface area contributed by atoms with Crippen LogP contribution in [-0.4, -0.2) is 53.6 Å². The van der Waals surface area contributed by atoms with Crippen LogP contribution in [0, 0.1) is 5.41 Å². The number of nitrogens with zero attached hydrogens (tertiary/aromatic N) is 2. The summed E-state index contributed by atoms with van der Waals surface area (Å²) < 4.78 is 38.7. The van der Waals surface area contributed by atoms with Gasteiger partial charge in [0.2, 0.25) is 5.91 Å². The van der Waals surface area contributed by atoms with E-state index in [0.717, 1.165) is 38.4 Å². The normalized spacial score (nSPS) is 25.1. The first kappa shape index (κ1) is 19.2. The monoisotopic (exact) mass is 370 g/mol. The predicted octanol–water partition coefficient (Wildman–Crippen LogP) is 2.90. The van der Waals surface area contributed by atoms with Crippen molar-refractivity contribution in [3.05, 3.63) is 35.4 Å². The molecule has 0 bridgehead atoms. The molecule has 2 saturated heterocycles. The Kier molecular flexibility index (Phi) is 5.58. The van der Waals surface area contributed by atoms with E-state index in [4.69, 9.17) is 5.11 Å². The Labute approximate surface area is 151 Å². The van der Waals surface area contributed by atoms with E-state index < -0.39 is 11.7 Å². The summed E-state index contributed by atoms with van der Waals surface area (Å²) in [6.45, 7) is 3.06. The van der Waals surface area contributed by atoms with Gasteiger partial charge in [-0.05, 0) is 37.4 Å². The number of aliphatic hydroxyl groups excluding tert-OH is 1. The van der Waals surface area contributed by atoms with Gasteiger partial charge in [0.1, 0.15) is 0 Å². The van der Waals surface area contributed by atoms with Gasteiger partial charge in [0.15, 0.2) is 0 Å². The fourth-order valence-corrected chi connectivity index (χ4v) is 4.31. The maximum atomic E-state index is 12.9. The lowest BCUT2D eigenvalue weighted by atomic mass is 9.73. The van der Waals surface area contributed by atoms with Crippen molar-refractivity contribution in [1.82, 2.24) is 9.80 Å². The molecule has 1 aromatic carbocycles. The van der Waals surface area contributed by atoms with Gasteiger partial charge in [-0.1, -0.05) is 18.2 Å². The Bertz CT molecular complexity index is 650. The van der Waals surface area contributed by atoms with Crippen molar-refractivity contribution >= 4 is 5.91 Å². The fraction of sp³-hybridized carbons (Fsp3) is 0.632. The molecule has 1 atom stereocenters. The number of likely N-dealkylation sites (tertiary alicyclic amines) is 2. The molecule has 1 aromatic rings. The lowest BCUT2D eigenvalue weighted by Crippen LogP contribution is -2.54. The van der Waals surface area contributed by atoms with Crippen LogP contribution in [0.2, 0.25) is 0 Å². The standard InChI is InChI=1S/C19H25F3N2O2/c20-19(21,22)16-4-1-3-15(11-16)12-23-8-2-6-18(13-23)7-5-17(26)24(14-18)9-10-25/h1,3-4,11,25H,2,5-10,12-14H2/t18-/m0/s1. The number of benzene rings is 1. The predicted molar refractivity (Wildman–Crippen MR) is 91.3 cm³/mol. The van der Waals surface area contributed by atoms with Crippen molar-refractivity contribution in [3.63, 3.8) is 0 Å². The van der Waals surface area contributed by atoms with E-state index in [0.29, 0.717) is 31.6 Å². The highest BCUT2D eigenvalue weighted by atomic mass is 19.4. The largest absolute Gasteiger partial charge is 0.416 e. The molecule has 0 aromatic heterocycles. The summed E-state index contributed by atoms with van der Waals surface area (Å²) in [6, 6.07) is 5.52. The van der Waals surface area contributed by atoms with Crippen LogP contribution in [0.3, 0.4) is 0 Å². The van der Waals surface area contributed by atoms with Crippen molar-refractivity contribution in [2.75, 3.05) is 32.8 Å². The van der Waals surface area contributed by atoms with Gasteiger partial charge >= 0.3 is 6.18 Å². The van der Waals surface area contributed by atoms with Gasteiger partial charge in [-0.2, -0.15) is 13.2 Å². The molecule has 2 aliphatic heterocycles. The van der Waals surface area contributed by atoms with E-state index in [1.165, 1.54) is 12.1 Å². The maximum absolute atomic E-state index is 12.9. The highest BCUT2D eigenvalue weighted by Crippen LogP contribution is 2.39. The molecule has 144 valence electrons. The second kappa shape index (κ2) is 7.56. The van der Waals surface area contributed by atoms with Gasteiger partial charge in [0, 0.05) is 38.0 Å². The van der Waals surface area contributed by atoms with Crippen LogP contribution in [0.4, 0.5) is 13.2 Å². The number of carbonyl (C=O) groups excluding carboxylic acids is 1. The van der Waals surface area contributed by atoms with E-state index in [1.807, 2.05) is 0 Å². The molecule has 1 N–H and O–H groups in total. The lowest BCUT2D eigenvalue weighted by Gasteiger charge is -2.48. The van der Waals surface area contributed by atoms with Crippen LogP contribution in [0.5, 0.6) is 0 Å². The van der Waals surface area contributed by atoms with E-state index in [2.05, 4.69) is 4.90 Å². The Morgan fingerprint density at radius 3 is 2.73 bits per heavy atom. The minimum absolute atomic E-state index is 0.0109. The summed E-state index contributed by atoms with van der Waals surface area (Å²) >= 11 is 0. The van der Waals surface area contributed by atoms with Crippen molar-refractivity contribution in [1.29, 1.82) is 0 Å². The van der Waals surface area contributed by atoms with Gasteiger partial charge < -0.3 is 10.0 Å². The summed E-state index contributed by atoms with van der Waals surface area (Å²) in [5, 5.41) is 9.17. The zero-order chi connectivity index (χ0) is 18.8. The molecule has 4 nitrogen and oxygen atoms in total. The highest BCUT2D eigenvalue weighted by Gasteiger charge is 2.41. The van der Waals surface area contributed by atoms with Crippen LogP contribution >= 0.6 is 0 Å². The second-order valence-corrected chi connectivity index (χ2v) is 7.55. The van der Waals surface area contributed by atoms with Gasteiger partial charge in [-0.25, -0.2) is 0 Å². The smallest absolute Gasteiger partial charge is 0.395 e. The molecule has 0 saturated carbocycles. The zero-order valence-electron chi connectivity index (χ0n) is 14.8. The molecule has 0 radical (unpaired) electrons. The van der Waals surface area contributed by atoms with Crippen LogP contribution < -0.4 is 0 Å². The second-order valence-electron chi connectivity index (χ2n) is 7.55. The zero-order valence-corrected chi connectivity index (χ0v) is 14.8. The molecule has 2 heterocycles. The number of carbonyl (C=O) groups is 1. The van der Waals surface area contributed by atoms with Crippen LogP contribution in [0.1, 0.15) is 36.8 Å². The Hall–Kier alpha value is -1.60. The lowest BCUT2D eigenvalue weighted by molar-refractivity contribution is -0.140. The number of rotatable bonds is 4. The molecular formula is C19H25F3N2O2. The third kappa shape index (κ3) is 4.38. The molecular weight excluding hydrogens is 345 g/mol. The number of hydrogen-bond donors (Lipinski definition) is 1. The summed E-state index contributed by atoms with van der Waals surface area (Å²) in [4.78, 5) is 15.9. The quantitative estimate of drug-likeness (QED) is 0.886.